The minimum atomic E-state index is -4.30. The van der Waals surface area contributed by atoms with E-state index in [1.165, 1.54) is 29.5 Å². The molecule has 7 nitrogen and oxygen atoms in total. The Bertz CT molecular complexity index is 990. The lowest BCUT2D eigenvalue weighted by Gasteiger charge is -2.07. The van der Waals surface area contributed by atoms with Crippen molar-refractivity contribution in [2.45, 2.75) is 18.2 Å². The highest BCUT2D eigenvalue weighted by atomic mass is 32.2. The molecule has 0 heterocycles. The van der Waals surface area contributed by atoms with Crippen LogP contribution in [-0.2, 0) is 21.3 Å². The molecular formula is C19H19N3O4S. The highest BCUT2D eigenvalue weighted by Gasteiger charge is 2.12. The number of benzene rings is 2. The van der Waals surface area contributed by atoms with Gasteiger partial charge in [-0.05, 0) is 48.7 Å². The van der Waals surface area contributed by atoms with Gasteiger partial charge in [0.25, 0.3) is 16.0 Å². The topological polar surface area (TPSA) is 119 Å². The number of nitrogens with one attached hydrogen (secondary N) is 2. The summed E-state index contributed by atoms with van der Waals surface area (Å²) in [6, 6.07) is 14.7. The van der Waals surface area contributed by atoms with E-state index in [1.807, 2.05) is 37.3 Å². The van der Waals surface area contributed by atoms with E-state index in [0.29, 0.717) is 12.2 Å². The maximum atomic E-state index is 12.1. The molecule has 0 atom stereocenters. The van der Waals surface area contributed by atoms with Crippen molar-refractivity contribution in [1.29, 1.82) is 5.26 Å². The number of amides is 1. The molecule has 2 aromatic carbocycles. The Morgan fingerprint density at radius 2 is 1.85 bits per heavy atom. The lowest BCUT2D eigenvalue weighted by molar-refractivity contribution is -0.112. The first-order valence-corrected chi connectivity index (χ1v) is 9.52. The fraction of sp³-hybridized carbons (Fsp3) is 0.158. The van der Waals surface area contributed by atoms with Gasteiger partial charge in [0.15, 0.2) is 0 Å². The number of hydrogen-bond donors (Lipinski definition) is 3. The van der Waals surface area contributed by atoms with E-state index in [1.54, 1.807) is 0 Å². The number of carbonyl (C=O) groups is 1. The van der Waals surface area contributed by atoms with E-state index >= 15 is 0 Å². The van der Waals surface area contributed by atoms with Gasteiger partial charge in [0, 0.05) is 18.4 Å². The van der Waals surface area contributed by atoms with Crippen LogP contribution in [-0.4, -0.2) is 25.4 Å². The summed E-state index contributed by atoms with van der Waals surface area (Å²) in [5.74, 6) is -0.625. The van der Waals surface area contributed by atoms with Gasteiger partial charge in [0.05, 0.1) is 4.90 Å². The molecule has 8 heteroatoms. The molecule has 0 aromatic heterocycles. The van der Waals surface area contributed by atoms with Gasteiger partial charge in [-0.1, -0.05) is 24.3 Å². The number of nitriles is 1. The van der Waals surface area contributed by atoms with Gasteiger partial charge in [-0.15, -0.1) is 0 Å². The maximum absolute atomic E-state index is 12.1. The van der Waals surface area contributed by atoms with Crippen molar-refractivity contribution in [1.82, 2.24) is 5.32 Å². The first-order chi connectivity index (χ1) is 12.8. The molecule has 2 aromatic rings. The number of aryl methyl sites for hydroxylation is 1. The Labute approximate surface area is 158 Å². The van der Waals surface area contributed by atoms with Crippen molar-refractivity contribution in [2.75, 3.05) is 11.9 Å². The summed E-state index contributed by atoms with van der Waals surface area (Å²) in [7, 11) is -4.30. The van der Waals surface area contributed by atoms with E-state index < -0.39 is 16.0 Å². The number of carbonyl (C=O) groups excluding carboxylic acids is 1. The molecule has 3 N–H and O–H groups in total. The zero-order valence-corrected chi connectivity index (χ0v) is 15.5. The molecule has 140 valence electrons. The van der Waals surface area contributed by atoms with E-state index in [9.17, 15) is 13.2 Å². The number of hydrogen-bond acceptors (Lipinski definition) is 5. The zero-order chi connectivity index (χ0) is 19.9. The molecule has 0 saturated heterocycles. The van der Waals surface area contributed by atoms with Gasteiger partial charge in [0.2, 0.25) is 0 Å². The fourth-order valence-corrected chi connectivity index (χ4v) is 2.81. The summed E-state index contributed by atoms with van der Waals surface area (Å²) in [6.45, 7) is 2.58. The Balaban J connectivity index is 1.94. The lowest BCUT2D eigenvalue weighted by atomic mass is 10.1. The largest absolute Gasteiger partial charge is 0.389 e. The third-order valence-corrected chi connectivity index (χ3v) is 4.69. The average molecular weight is 385 g/mol. The van der Waals surface area contributed by atoms with Gasteiger partial charge >= 0.3 is 0 Å². The fourth-order valence-electron chi connectivity index (χ4n) is 2.33. The van der Waals surface area contributed by atoms with Crippen LogP contribution in [0.5, 0.6) is 0 Å². The van der Waals surface area contributed by atoms with Crippen molar-refractivity contribution >= 4 is 21.7 Å². The van der Waals surface area contributed by atoms with Crippen LogP contribution in [0.3, 0.4) is 0 Å². The molecule has 27 heavy (non-hydrogen) atoms. The smallest absolute Gasteiger partial charge is 0.294 e. The van der Waals surface area contributed by atoms with Gasteiger partial charge in [-0.3, -0.25) is 9.35 Å². The van der Waals surface area contributed by atoms with Crippen molar-refractivity contribution in [3.63, 3.8) is 0 Å². The minimum Gasteiger partial charge on any atom is -0.389 e. The van der Waals surface area contributed by atoms with Crippen molar-refractivity contribution in [3.05, 3.63) is 71.4 Å². The van der Waals surface area contributed by atoms with E-state index in [4.69, 9.17) is 9.81 Å². The Kier molecular flexibility index (Phi) is 6.71. The monoisotopic (exact) mass is 385 g/mol. The molecule has 0 spiro atoms. The molecule has 0 aliphatic heterocycles. The average Bonchev–Trinajstić information content (AvgIpc) is 2.62. The van der Waals surface area contributed by atoms with Crippen LogP contribution < -0.4 is 10.6 Å². The summed E-state index contributed by atoms with van der Waals surface area (Å²) in [5.41, 5.74) is 2.54. The van der Waals surface area contributed by atoms with Crippen LogP contribution in [0.1, 0.15) is 11.1 Å². The molecule has 0 fully saturated rings. The van der Waals surface area contributed by atoms with Crippen LogP contribution in [0, 0.1) is 18.3 Å². The van der Waals surface area contributed by atoms with Gasteiger partial charge in [0.1, 0.15) is 11.6 Å². The van der Waals surface area contributed by atoms with Crippen LogP contribution in [0.25, 0.3) is 0 Å². The number of anilines is 1. The quantitative estimate of drug-likeness (QED) is 0.291. The Morgan fingerprint density at radius 1 is 1.19 bits per heavy atom. The van der Waals surface area contributed by atoms with Crippen molar-refractivity contribution in [3.8, 4) is 6.07 Å². The molecule has 0 aliphatic rings. The molecule has 0 bridgehead atoms. The van der Waals surface area contributed by atoms with E-state index in [2.05, 4.69) is 10.6 Å². The minimum absolute atomic E-state index is 0.112. The van der Waals surface area contributed by atoms with Crippen LogP contribution in [0.2, 0.25) is 0 Å². The highest BCUT2D eigenvalue weighted by molar-refractivity contribution is 7.85. The normalized spacial score (nSPS) is 11.5. The molecule has 0 saturated carbocycles. The Hall–Kier alpha value is -3.15. The molecular weight excluding hydrogens is 366 g/mol. The molecule has 2 rings (SSSR count). The van der Waals surface area contributed by atoms with Gasteiger partial charge < -0.3 is 10.6 Å². The number of rotatable bonds is 7. The second-order valence-corrected chi connectivity index (χ2v) is 7.18. The van der Waals surface area contributed by atoms with Gasteiger partial charge in [-0.2, -0.15) is 13.7 Å². The third kappa shape index (κ3) is 5.95. The second-order valence-electron chi connectivity index (χ2n) is 5.75. The Morgan fingerprint density at radius 3 is 2.44 bits per heavy atom. The third-order valence-electron chi connectivity index (χ3n) is 3.82. The van der Waals surface area contributed by atoms with Gasteiger partial charge in [-0.25, -0.2) is 0 Å². The summed E-state index contributed by atoms with van der Waals surface area (Å²) >= 11 is 0. The SMILES string of the molecule is Cc1ccccc1CCN/C=C(/C#N)C(=O)Nc1ccc(S(=O)(=O)O)cc1. The van der Waals surface area contributed by atoms with Crippen LogP contribution in [0.15, 0.2) is 65.2 Å². The van der Waals surface area contributed by atoms with Crippen molar-refractivity contribution < 1.29 is 17.8 Å². The number of nitrogens with zero attached hydrogens (tertiary/aromatic N) is 1. The maximum Gasteiger partial charge on any atom is 0.294 e. The van der Waals surface area contributed by atoms with E-state index in [0.717, 1.165) is 18.6 Å². The predicted molar refractivity (Wildman–Crippen MR) is 101 cm³/mol. The lowest BCUT2D eigenvalue weighted by Crippen LogP contribution is -2.18. The standard InChI is InChI=1S/C19H19N3O4S/c1-14-4-2-3-5-15(14)10-11-21-13-16(12-20)19(23)22-17-6-8-18(9-7-17)27(24,25)26/h2-9,13,21H,10-11H2,1H3,(H,22,23)(H,24,25,26)/b16-13-. The van der Waals surface area contributed by atoms with Crippen LogP contribution >= 0.6 is 0 Å². The molecule has 0 radical (unpaired) electrons. The summed E-state index contributed by atoms with van der Waals surface area (Å²) in [5, 5.41) is 14.6. The van der Waals surface area contributed by atoms with Crippen LogP contribution in [0.4, 0.5) is 5.69 Å². The highest BCUT2D eigenvalue weighted by Crippen LogP contribution is 2.14. The zero-order valence-electron chi connectivity index (χ0n) is 14.6. The summed E-state index contributed by atoms with van der Waals surface area (Å²) in [4.78, 5) is 11.9. The first-order valence-electron chi connectivity index (χ1n) is 8.08. The van der Waals surface area contributed by atoms with Crippen molar-refractivity contribution in [2.24, 2.45) is 0 Å². The van der Waals surface area contributed by atoms with E-state index in [-0.39, 0.29) is 10.5 Å². The summed E-state index contributed by atoms with van der Waals surface area (Å²) in [6.07, 6.45) is 2.10. The molecule has 1 amide bonds. The molecule has 0 unspecified atom stereocenters. The molecule has 0 aliphatic carbocycles. The second kappa shape index (κ2) is 8.98. The predicted octanol–water partition coefficient (Wildman–Crippen LogP) is 2.42. The first kappa shape index (κ1) is 20.2. The summed E-state index contributed by atoms with van der Waals surface area (Å²) < 4.78 is 30.9.